The summed E-state index contributed by atoms with van der Waals surface area (Å²) in [6, 6.07) is 9.73. The molecule has 3 rings (SSSR count). The molecule has 2 heterocycles. The summed E-state index contributed by atoms with van der Waals surface area (Å²) in [6.07, 6.45) is 1.49. The number of aromatic nitrogens is 2. The molecule has 0 aliphatic rings. The van der Waals surface area contributed by atoms with Gasteiger partial charge >= 0.3 is 12.0 Å². The maximum atomic E-state index is 11.8. The summed E-state index contributed by atoms with van der Waals surface area (Å²) in [4.78, 5) is 11.8. The molecule has 0 aliphatic heterocycles. The molecule has 2 aromatic heterocycles. The zero-order valence-electron chi connectivity index (χ0n) is 11.6. The van der Waals surface area contributed by atoms with Crippen molar-refractivity contribution in [2.75, 3.05) is 17.7 Å². The number of hydrogen-bond donors (Lipinski definition) is 2. The third-order valence-electron chi connectivity index (χ3n) is 2.73. The van der Waals surface area contributed by atoms with Crippen molar-refractivity contribution in [3.63, 3.8) is 0 Å². The number of benzene rings is 1. The predicted molar refractivity (Wildman–Crippen MR) is 77.6 cm³/mol. The van der Waals surface area contributed by atoms with Crippen LogP contribution in [0.3, 0.4) is 0 Å². The Hall–Kier alpha value is -3.29. The first-order valence-electron chi connectivity index (χ1n) is 6.34. The van der Waals surface area contributed by atoms with Gasteiger partial charge in [0, 0.05) is 5.69 Å². The maximum absolute atomic E-state index is 11.8. The Morgan fingerprint density at radius 3 is 2.64 bits per heavy atom. The van der Waals surface area contributed by atoms with Crippen LogP contribution in [0.25, 0.3) is 11.7 Å². The monoisotopic (exact) mass is 300 g/mol. The molecule has 0 spiro atoms. The van der Waals surface area contributed by atoms with Crippen LogP contribution in [0.5, 0.6) is 5.75 Å². The lowest BCUT2D eigenvalue weighted by molar-refractivity contribution is 0.261. The SMILES string of the molecule is COc1ccc(NC(=O)Nc2nnc(-c3ccco3)o2)cc1. The second kappa shape index (κ2) is 6.00. The zero-order chi connectivity index (χ0) is 15.4. The van der Waals surface area contributed by atoms with Crippen LogP contribution in [0.15, 0.2) is 51.5 Å². The minimum Gasteiger partial charge on any atom is -0.497 e. The van der Waals surface area contributed by atoms with Gasteiger partial charge in [0.15, 0.2) is 5.76 Å². The van der Waals surface area contributed by atoms with E-state index in [-0.39, 0.29) is 11.9 Å². The molecule has 0 fully saturated rings. The summed E-state index contributed by atoms with van der Waals surface area (Å²) in [5.41, 5.74) is 0.601. The van der Waals surface area contributed by atoms with Crippen molar-refractivity contribution in [3.05, 3.63) is 42.7 Å². The van der Waals surface area contributed by atoms with E-state index in [9.17, 15) is 4.79 Å². The summed E-state index contributed by atoms with van der Waals surface area (Å²) < 4.78 is 15.4. The van der Waals surface area contributed by atoms with Gasteiger partial charge in [-0.3, -0.25) is 5.32 Å². The van der Waals surface area contributed by atoms with E-state index >= 15 is 0 Å². The molecule has 0 radical (unpaired) electrons. The van der Waals surface area contributed by atoms with Gasteiger partial charge in [0.25, 0.3) is 5.89 Å². The van der Waals surface area contributed by atoms with Crippen LogP contribution >= 0.6 is 0 Å². The van der Waals surface area contributed by atoms with Crippen LogP contribution in [0, 0.1) is 0 Å². The van der Waals surface area contributed by atoms with Gasteiger partial charge in [0.2, 0.25) is 0 Å². The van der Waals surface area contributed by atoms with Crippen LogP contribution < -0.4 is 15.4 Å². The Bertz CT molecular complexity index is 750. The fraction of sp³-hybridized carbons (Fsp3) is 0.0714. The molecule has 2 amide bonds. The Morgan fingerprint density at radius 2 is 1.95 bits per heavy atom. The lowest BCUT2D eigenvalue weighted by Gasteiger charge is -2.05. The molecule has 0 saturated carbocycles. The van der Waals surface area contributed by atoms with Crippen LogP contribution in [0.4, 0.5) is 16.5 Å². The number of carbonyl (C=O) groups excluding carboxylic acids is 1. The summed E-state index contributed by atoms with van der Waals surface area (Å²) >= 11 is 0. The number of ether oxygens (including phenoxy) is 1. The largest absolute Gasteiger partial charge is 0.497 e. The summed E-state index contributed by atoms with van der Waals surface area (Å²) in [5, 5.41) is 12.6. The number of amides is 2. The van der Waals surface area contributed by atoms with Crippen molar-refractivity contribution in [1.29, 1.82) is 0 Å². The highest BCUT2D eigenvalue weighted by Crippen LogP contribution is 2.20. The molecule has 0 bridgehead atoms. The van der Waals surface area contributed by atoms with Crippen LogP contribution in [0.2, 0.25) is 0 Å². The normalized spacial score (nSPS) is 10.2. The van der Waals surface area contributed by atoms with E-state index in [4.69, 9.17) is 13.6 Å². The van der Waals surface area contributed by atoms with Gasteiger partial charge in [-0.25, -0.2) is 4.79 Å². The molecular formula is C14H12N4O4. The molecule has 1 aromatic carbocycles. The van der Waals surface area contributed by atoms with Crippen molar-refractivity contribution in [2.24, 2.45) is 0 Å². The lowest BCUT2D eigenvalue weighted by atomic mass is 10.3. The first kappa shape index (κ1) is 13.7. The first-order chi connectivity index (χ1) is 10.7. The van der Waals surface area contributed by atoms with Crippen molar-refractivity contribution in [1.82, 2.24) is 10.2 Å². The standard InChI is InChI=1S/C14H12N4O4/c1-20-10-6-4-9(5-7-10)15-13(19)16-14-18-17-12(22-14)11-3-2-8-21-11/h2-8H,1H3,(H2,15,16,18,19). The minimum atomic E-state index is -0.500. The third-order valence-corrected chi connectivity index (χ3v) is 2.73. The smallest absolute Gasteiger partial charge is 0.327 e. The average Bonchev–Trinajstić information content (AvgIpc) is 3.19. The van der Waals surface area contributed by atoms with Gasteiger partial charge in [-0.2, -0.15) is 0 Å². The van der Waals surface area contributed by atoms with Crippen molar-refractivity contribution in [2.45, 2.75) is 0 Å². The first-order valence-corrected chi connectivity index (χ1v) is 6.34. The molecule has 112 valence electrons. The molecule has 0 saturated heterocycles. The maximum Gasteiger partial charge on any atom is 0.327 e. The van der Waals surface area contributed by atoms with Gasteiger partial charge in [-0.1, -0.05) is 5.10 Å². The number of nitrogens with one attached hydrogen (secondary N) is 2. The molecule has 3 aromatic rings. The molecule has 0 atom stereocenters. The number of anilines is 2. The summed E-state index contributed by atoms with van der Waals surface area (Å²) in [7, 11) is 1.57. The van der Waals surface area contributed by atoms with E-state index in [1.165, 1.54) is 6.26 Å². The third kappa shape index (κ3) is 3.06. The van der Waals surface area contributed by atoms with Crippen LogP contribution in [-0.2, 0) is 0 Å². The Balaban J connectivity index is 1.61. The fourth-order valence-electron chi connectivity index (χ4n) is 1.71. The molecule has 0 aliphatic carbocycles. The van der Waals surface area contributed by atoms with Crippen molar-refractivity contribution in [3.8, 4) is 17.4 Å². The Kier molecular flexibility index (Phi) is 3.73. The minimum absolute atomic E-state index is 0.0302. The molecule has 2 N–H and O–H groups in total. The number of methoxy groups -OCH3 is 1. The second-order valence-corrected chi connectivity index (χ2v) is 4.20. The van der Waals surface area contributed by atoms with Gasteiger partial charge in [0.05, 0.1) is 13.4 Å². The molecule has 8 nitrogen and oxygen atoms in total. The highest BCUT2D eigenvalue weighted by Gasteiger charge is 2.13. The van der Waals surface area contributed by atoms with Crippen LogP contribution in [-0.4, -0.2) is 23.3 Å². The van der Waals surface area contributed by atoms with Crippen molar-refractivity contribution < 1.29 is 18.4 Å². The highest BCUT2D eigenvalue weighted by molar-refractivity contribution is 5.98. The fourth-order valence-corrected chi connectivity index (χ4v) is 1.71. The number of hydrogen-bond acceptors (Lipinski definition) is 6. The van der Waals surface area contributed by atoms with E-state index in [1.807, 2.05) is 0 Å². The van der Waals surface area contributed by atoms with Gasteiger partial charge < -0.3 is 18.9 Å². The number of nitrogens with zero attached hydrogens (tertiary/aromatic N) is 2. The second-order valence-electron chi connectivity index (χ2n) is 4.20. The quantitative estimate of drug-likeness (QED) is 0.768. The number of urea groups is 1. The Morgan fingerprint density at radius 1 is 1.14 bits per heavy atom. The van der Waals surface area contributed by atoms with E-state index in [0.717, 1.165) is 0 Å². The molecule has 0 unspecified atom stereocenters. The highest BCUT2D eigenvalue weighted by atomic mass is 16.5. The topological polar surface area (TPSA) is 102 Å². The van der Waals surface area contributed by atoms with Crippen LogP contribution in [0.1, 0.15) is 0 Å². The van der Waals surface area contributed by atoms with Gasteiger partial charge in [-0.15, -0.1) is 5.10 Å². The summed E-state index contributed by atoms with van der Waals surface area (Å²) in [6.45, 7) is 0. The van der Waals surface area contributed by atoms with Crippen molar-refractivity contribution >= 4 is 17.7 Å². The summed E-state index contributed by atoms with van der Waals surface area (Å²) in [5.74, 6) is 1.31. The number of carbonyl (C=O) groups is 1. The number of furan rings is 1. The van der Waals surface area contributed by atoms with Gasteiger partial charge in [0.1, 0.15) is 5.75 Å². The van der Waals surface area contributed by atoms with E-state index in [1.54, 1.807) is 43.5 Å². The number of rotatable bonds is 4. The lowest BCUT2D eigenvalue weighted by Crippen LogP contribution is -2.19. The molecular weight excluding hydrogens is 288 g/mol. The Labute approximate surface area is 125 Å². The van der Waals surface area contributed by atoms with E-state index in [0.29, 0.717) is 17.2 Å². The zero-order valence-corrected chi connectivity index (χ0v) is 11.6. The molecule has 22 heavy (non-hydrogen) atoms. The predicted octanol–water partition coefficient (Wildman–Crippen LogP) is 2.98. The van der Waals surface area contributed by atoms with E-state index in [2.05, 4.69) is 20.8 Å². The molecule has 8 heteroatoms. The average molecular weight is 300 g/mol. The van der Waals surface area contributed by atoms with E-state index < -0.39 is 6.03 Å². The van der Waals surface area contributed by atoms with Gasteiger partial charge in [-0.05, 0) is 36.4 Å².